The van der Waals surface area contributed by atoms with Gasteiger partial charge in [0.15, 0.2) is 5.75 Å². The monoisotopic (exact) mass is 405 g/mol. The predicted octanol–water partition coefficient (Wildman–Crippen LogP) is 4.56. The van der Waals surface area contributed by atoms with Crippen molar-refractivity contribution in [2.24, 2.45) is 0 Å². The van der Waals surface area contributed by atoms with Crippen molar-refractivity contribution in [2.75, 3.05) is 0 Å². The van der Waals surface area contributed by atoms with Crippen LogP contribution in [0.1, 0.15) is 41.6 Å². The van der Waals surface area contributed by atoms with Gasteiger partial charge in [0.2, 0.25) is 5.43 Å². The third-order valence-corrected chi connectivity index (χ3v) is 5.78. The number of para-hydroxylation sites is 1. The fourth-order valence-corrected chi connectivity index (χ4v) is 4.30. The predicted molar refractivity (Wildman–Crippen MR) is 112 cm³/mol. The fourth-order valence-electron chi connectivity index (χ4n) is 4.30. The largest absolute Gasteiger partial charge is 0.503 e. The van der Waals surface area contributed by atoms with E-state index in [9.17, 15) is 19.8 Å². The van der Waals surface area contributed by atoms with Crippen LogP contribution in [0.2, 0.25) is 0 Å². The second kappa shape index (κ2) is 8.06. The standard InChI is InChI=1S/C24H23NO5/c26-21-15-25(14-20(22(21)27)23(28)29)16-24(12-4-5-13-24)17-8-10-19(11-9-17)30-18-6-2-1-3-7-18/h1-3,6-11,14-15,26H,4-5,12-13,16H2,(H,28,29). The van der Waals surface area contributed by atoms with Gasteiger partial charge in [-0.2, -0.15) is 0 Å². The summed E-state index contributed by atoms with van der Waals surface area (Å²) in [5.74, 6) is -0.375. The summed E-state index contributed by atoms with van der Waals surface area (Å²) in [6, 6.07) is 17.5. The second-order valence-corrected chi connectivity index (χ2v) is 7.79. The van der Waals surface area contributed by atoms with Crippen LogP contribution < -0.4 is 10.2 Å². The van der Waals surface area contributed by atoms with Crippen molar-refractivity contribution in [3.63, 3.8) is 0 Å². The third kappa shape index (κ3) is 3.94. The lowest BCUT2D eigenvalue weighted by molar-refractivity contribution is 0.0693. The number of benzene rings is 2. The quantitative estimate of drug-likeness (QED) is 0.628. The zero-order chi connectivity index (χ0) is 21.1. The molecule has 154 valence electrons. The number of carbonyl (C=O) groups is 1. The van der Waals surface area contributed by atoms with Crippen LogP contribution in [0.3, 0.4) is 0 Å². The van der Waals surface area contributed by atoms with Crippen LogP contribution >= 0.6 is 0 Å². The Labute approximate surface area is 174 Å². The molecule has 1 fully saturated rings. The maximum absolute atomic E-state index is 11.9. The summed E-state index contributed by atoms with van der Waals surface area (Å²) < 4.78 is 7.50. The summed E-state index contributed by atoms with van der Waals surface area (Å²) in [6.45, 7) is 0.486. The summed E-state index contributed by atoms with van der Waals surface area (Å²) in [6.07, 6.45) is 6.67. The lowest BCUT2D eigenvalue weighted by atomic mass is 9.78. The molecule has 0 amide bonds. The van der Waals surface area contributed by atoms with Crippen LogP contribution in [-0.2, 0) is 12.0 Å². The van der Waals surface area contributed by atoms with Crippen LogP contribution in [0.15, 0.2) is 71.8 Å². The van der Waals surface area contributed by atoms with Crippen molar-refractivity contribution in [1.82, 2.24) is 4.57 Å². The van der Waals surface area contributed by atoms with Crippen molar-refractivity contribution in [3.8, 4) is 17.2 Å². The summed E-state index contributed by atoms with van der Waals surface area (Å²) in [5.41, 5.74) is -0.338. The molecule has 4 rings (SSSR count). The number of rotatable bonds is 6. The van der Waals surface area contributed by atoms with Crippen LogP contribution in [0.4, 0.5) is 0 Å². The average molecular weight is 405 g/mol. The first-order valence-electron chi connectivity index (χ1n) is 9.97. The van der Waals surface area contributed by atoms with E-state index in [0.717, 1.165) is 42.7 Å². The normalized spacial score (nSPS) is 15.1. The number of ether oxygens (including phenoxy) is 1. The molecule has 0 atom stereocenters. The van der Waals surface area contributed by atoms with E-state index < -0.39 is 22.7 Å². The minimum absolute atomic E-state index is 0.192. The Kier molecular flexibility index (Phi) is 5.31. The lowest BCUT2D eigenvalue weighted by Gasteiger charge is -2.31. The number of hydrogen-bond donors (Lipinski definition) is 2. The Morgan fingerprint density at radius 2 is 1.60 bits per heavy atom. The molecule has 1 aliphatic carbocycles. The van der Waals surface area contributed by atoms with Gasteiger partial charge in [0.05, 0.1) is 0 Å². The maximum Gasteiger partial charge on any atom is 0.341 e. The van der Waals surface area contributed by atoms with Gasteiger partial charge in [0, 0.05) is 24.4 Å². The molecule has 0 bridgehead atoms. The van der Waals surface area contributed by atoms with Crippen molar-refractivity contribution in [1.29, 1.82) is 0 Å². The molecule has 1 aliphatic rings. The number of aromatic hydroxyl groups is 1. The highest BCUT2D eigenvalue weighted by Gasteiger charge is 2.36. The maximum atomic E-state index is 11.9. The lowest BCUT2D eigenvalue weighted by Crippen LogP contribution is -2.29. The molecular weight excluding hydrogens is 382 g/mol. The Bertz CT molecular complexity index is 1100. The Balaban J connectivity index is 1.62. The van der Waals surface area contributed by atoms with Gasteiger partial charge in [0.25, 0.3) is 0 Å². The number of aromatic nitrogens is 1. The molecule has 30 heavy (non-hydrogen) atoms. The molecule has 2 aromatic carbocycles. The smallest absolute Gasteiger partial charge is 0.341 e. The van der Waals surface area contributed by atoms with E-state index in [-0.39, 0.29) is 5.41 Å². The Morgan fingerprint density at radius 1 is 0.967 bits per heavy atom. The van der Waals surface area contributed by atoms with Crippen molar-refractivity contribution >= 4 is 5.97 Å². The highest BCUT2D eigenvalue weighted by Crippen LogP contribution is 2.43. The first-order chi connectivity index (χ1) is 14.5. The molecule has 1 heterocycles. The molecule has 2 N–H and O–H groups in total. The van der Waals surface area contributed by atoms with E-state index >= 15 is 0 Å². The molecule has 3 aromatic rings. The highest BCUT2D eigenvalue weighted by molar-refractivity contribution is 5.87. The van der Waals surface area contributed by atoms with Crippen LogP contribution in [0, 0.1) is 0 Å². The zero-order valence-electron chi connectivity index (χ0n) is 16.5. The third-order valence-electron chi connectivity index (χ3n) is 5.78. The minimum Gasteiger partial charge on any atom is -0.503 e. The number of aromatic carboxylic acids is 1. The van der Waals surface area contributed by atoms with Crippen LogP contribution in [0.25, 0.3) is 0 Å². The van der Waals surface area contributed by atoms with Gasteiger partial charge < -0.3 is 19.5 Å². The minimum atomic E-state index is -1.34. The van der Waals surface area contributed by atoms with Crippen LogP contribution in [0.5, 0.6) is 17.2 Å². The zero-order valence-corrected chi connectivity index (χ0v) is 16.5. The number of pyridine rings is 1. The molecule has 0 saturated heterocycles. The van der Waals surface area contributed by atoms with E-state index in [1.54, 1.807) is 4.57 Å². The molecule has 6 nitrogen and oxygen atoms in total. The molecular formula is C24H23NO5. The summed E-state index contributed by atoms with van der Waals surface area (Å²) in [7, 11) is 0. The van der Waals surface area contributed by atoms with E-state index in [0.29, 0.717) is 6.54 Å². The van der Waals surface area contributed by atoms with E-state index in [1.165, 1.54) is 12.4 Å². The number of hydrogen-bond acceptors (Lipinski definition) is 4. The van der Waals surface area contributed by atoms with Gasteiger partial charge >= 0.3 is 5.97 Å². The molecule has 1 saturated carbocycles. The Hall–Kier alpha value is -3.54. The molecule has 0 aliphatic heterocycles. The van der Waals surface area contributed by atoms with Crippen molar-refractivity contribution in [3.05, 3.63) is 88.3 Å². The van der Waals surface area contributed by atoms with Crippen molar-refractivity contribution < 1.29 is 19.7 Å². The highest BCUT2D eigenvalue weighted by atomic mass is 16.5. The SMILES string of the molecule is O=C(O)c1cn(CC2(c3ccc(Oc4ccccc4)cc3)CCCC2)cc(O)c1=O. The number of nitrogens with zero attached hydrogens (tertiary/aromatic N) is 1. The van der Waals surface area contributed by atoms with E-state index in [1.807, 2.05) is 54.6 Å². The second-order valence-electron chi connectivity index (χ2n) is 7.79. The van der Waals surface area contributed by atoms with Gasteiger partial charge in [-0.1, -0.05) is 43.2 Å². The van der Waals surface area contributed by atoms with Gasteiger partial charge in [-0.05, 0) is 42.7 Å². The Morgan fingerprint density at radius 3 is 2.23 bits per heavy atom. The summed E-state index contributed by atoms with van der Waals surface area (Å²) in [5, 5.41) is 19.2. The summed E-state index contributed by atoms with van der Waals surface area (Å²) in [4.78, 5) is 23.2. The van der Waals surface area contributed by atoms with Gasteiger partial charge in [0.1, 0.15) is 17.1 Å². The molecule has 6 heteroatoms. The van der Waals surface area contributed by atoms with Crippen LogP contribution in [-0.4, -0.2) is 20.7 Å². The van der Waals surface area contributed by atoms with Gasteiger partial charge in [-0.25, -0.2) is 4.79 Å². The van der Waals surface area contributed by atoms with Crippen molar-refractivity contribution in [2.45, 2.75) is 37.6 Å². The topological polar surface area (TPSA) is 88.8 Å². The van der Waals surface area contributed by atoms with Gasteiger partial charge in [-0.15, -0.1) is 0 Å². The number of carboxylic acids is 1. The summed E-state index contributed by atoms with van der Waals surface area (Å²) >= 11 is 0. The molecule has 1 aromatic heterocycles. The van der Waals surface area contributed by atoms with Gasteiger partial charge in [-0.3, -0.25) is 4.79 Å². The first-order valence-corrected chi connectivity index (χ1v) is 9.97. The average Bonchev–Trinajstić information content (AvgIpc) is 3.21. The first kappa shape index (κ1) is 19.8. The molecule has 0 radical (unpaired) electrons. The fraction of sp³-hybridized carbons (Fsp3) is 0.250. The molecule has 0 spiro atoms. The van der Waals surface area contributed by atoms with E-state index in [2.05, 4.69) is 0 Å². The molecule has 0 unspecified atom stereocenters. The van der Waals surface area contributed by atoms with E-state index in [4.69, 9.17) is 4.74 Å². The number of carboxylic acid groups (broad SMARTS) is 1.